The Morgan fingerprint density at radius 3 is 3.09 bits per heavy atom. The molecule has 11 heavy (non-hydrogen) atoms. The predicted molar refractivity (Wildman–Crippen MR) is 44.0 cm³/mol. The Morgan fingerprint density at radius 2 is 2.27 bits per heavy atom. The smallest absolute Gasteiger partial charge is 0.230 e. The molecule has 1 amide bonds. The minimum Gasteiger partial charge on any atom is -0.333 e. The summed E-state index contributed by atoms with van der Waals surface area (Å²) in [5.41, 5.74) is 0.989. The molecule has 0 aliphatic carbocycles. The van der Waals surface area contributed by atoms with Crippen molar-refractivity contribution in [1.82, 2.24) is 4.98 Å². The van der Waals surface area contributed by atoms with Crippen LogP contribution in [0.2, 0.25) is 0 Å². The SMILES string of the molecule is O=C1Cc2ccc(=S)[nH]c2N1. The highest BCUT2D eigenvalue weighted by Gasteiger charge is 2.16. The van der Waals surface area contributed by atoms with Gasteiger partial charge in [-0.3, -0.25) is 4.79 Å². The third-order valence-corrected chi connectivity index (χ3v) is 1.86. The van der Waals surface area contributed by atoms with Crippen molar-refractivity contribution in [2.24, 2.45) is 0 Å². The van der Waals surface area contributed by atoms with Crippen molar-refractivity contribution in [3.63, 3.8) is 0 Å². The summed E-state index contributed by atoms with van der Waals surface area (Å²) < 4.78 is 0.644. The molecule has 0 saturated heterocycles. The van der Waals surface area contributed by atoms with Crippen LogP contribution in [0, 0.1) is 4.64 Å². The summed E-state index contributed by atoms with van der Waals surface area (Å²) in [6.45, 7) is 0. The van der Waals surface area contributed by atoms with Gasteiger partial charge in [0, 0.05) is 5.56 Å². The topological polar surface area (TPSA) is 44.9 Å². The second-order valence-corrected chi connectivity index (χ2v) is 2.89. The van der Waals surface area contributed by atoms with Gasteiger partial charge < -0.3 is 10.3 Å². The first-order valence-corrected chi connectivity index (χ1v) is 3.68. The van der Waals surface area contributed by atoms with Gasteiger partial charge in [0.1, 0.15) is 10.5 Å². The van der Waals surface area contributed by atoms with E-state index in [1.54, 1.807) is 6.07 Å². The van der Waals surface area contributed by atoms with Gasteiger partial charge in [-0.15, -0.1) is 0 Å². The maximum atomic E-state index is 10.8. The molecular formula is C7H6N2OS. The van der Waals surface area contributed by atoms with E-state index in [2.05, 4.69) is 10.3 Å². The van der Waals surface area contributed by atoms with Crippen molar-refractivity contribution in [3.8, 4) is 0 Å². The Morgan fingerprint density at radius 1 is 1.45 bits per heavy atom. The van der Waals surface area contributed by atoms with E-state index in [1.807, 2.05) is 6.07 Å². The number of hydrogen-bond donors (Lipinski definition) is 2. The molecule has 0 aromatic carbocycles. The van der Waals surface area contributed by atoms with Crippen LogP contribution in [-0.2, 0) is 11.2 Å². The lowest BCUT2D eigenvalue weighted by Crippen LogP contribution is -2.04. The van der Waals surface area contributed by atoms with Gasteiger partial charge in [0.2, 0.25) is 5.91 Å². The van der Waals surface area contributed by atoms with Gasteiger partial charge in [0.05, 0.1) is 6.42 Å². The minimum atomic E-state index is 0.0249. The van der Waals surface area contributed by atoms with Crippen molar-refractivity contribution < 1.29 is 4.79 Å². The zero-order valence-corrected chi connectivity index (χ0v) is 6.49. The lowest BCUT2D eigenvalue weighted by molar-refractivity contribution is -0.115. The maximum absolute atomic E-state index is 10.8. The van der Waals surface area contributed by atoms with E-state index in [4.69, 9.17) is 12.2 Å². The molecule has 0 fully saturated rings. The fourth-order valence-corrected chi connectivity index (χ4v) is 1.29. The van der Waals surface area contributed by atoms with E-state index < -0.39 is 0 Å². The van der Waals surface area contributed by atoms with Crippen LogP contribution in [0.1, 0.15) is 5.56 Å². The molecule has 0 bridgehead atoms. The van der Waals surface area contributed by atoms with Crippen molar-refractivity contribution in [3.05, 3.63) is 22.3 Å². The number of H-pyrrole nitrogens is 1. The third kappa shape index (κ3) is 1.05. The summed E-state index contributed by atoms with van der Waals surface area (Å²) in [5, 5.41) is 2.68. The molecule has 56 valence electrons. The van der Waals surface area contributed by atoms with Crippen LogP contribution in [0.25, 0.3) is 0 Å². The second kappa shape index (κ2) is 2.17. The molecule has 3 nitrogen and oxygen atoms in total. The van der Waals surface area contributed by atoms with Crippen LogP contribution in [0.3, 0.4) is 0 Å². The number of carbonyl (C=O) groups excluding carboxylic acids is 1. The van der Waals surface area contributed by atoms with E-state index in [0.29, 0.717) is 11.1 Å². The fraction of sp³-hybridized carbons (Fsp3) is 0.143. The summed E-state index contributed by atoms with van der Waals surface area (Å²) in [6, 6.07) is 3.65. The van der Waals surface area contributed by atoms with Gasteiger partial charge in [-0.05, 0) is 6.07 Å². The number of pyridine rings is 1. The predicted octanol–water partition coefficient (Wildman–Crippen LogP) is 1.24. The first-order valence-electron chi connectivity index (χ1n) is 3.28. The zero-order chi connectivity index (χ0) is 7.84. The molecule has 0 atom stereocenters. The molecule has 1 aromatic heterocycles. The van der Waals surface area contributed by atoms with Crippen molar-refractivity contribution >= 4 is 23.9 Å². The van der Waals surface area contributed by atoms with E-state index in [9.17, 15) is 4.79 Å². The van der Waals surface area contributed by atoms with Gasteiger partial charge in [-0.25, -0.2) is 0 Å². The molecular weight excluding hydrogens is 160 g/mol. The Balaban J connectivity index is 2.59. The van der Waals surface area contributed by atoms with E-state index in [1.165, 1.54) is 0 Å². The lowest BCUT2D eigenvalue weighted by atomic mass is 10.2. The molecule has 1 aliphatic heterocycles. The summed E-state index contributed by atoms with van der Waals surface area (Å²) in [4.78, 5) is 13.7. The van der Waals surface area contributed by atoms with Crippen LogP contribution in [-0.4, -0.2) is 10.9 Å². The van der Waals surface area contributed by atoms with Crippen molar-refractivity contribution in [2.75, 3.05) is 5.32 Å². The highest BCUT2D eigenvalue weighted by molar-refractivity contribution is 7.71. The first-order chi connectivity index (χ1) is 5.25. The number of rotatable bonds is 0. The zero-order valence-electron chi connectivity index (χ0n) is 5.68. The number of hydrogen-bond acceptors (Lipinski definition) is 2. The number of aromatic nitrogens is 1. The van der Waals surface area contributed by atoms with Crippen LogP contribution in [0.5, 0.6) is 0 Å². The normalized spacial score (nSPS) is 14.4. The number of nitrogens with one attached hydrogen (secondary N) is 2. The molecule has 0 unspecified atom stereocenters. The molecule has 4 heteroatoms. The highest BCUT2D eigenvalue weighted by atomic mass is 32.1. The molecule has 0 saturated carbocycles. The first kappa shape index (κ1) is 6.54. The molecule has 1 aromatic rings. The Hall–Kier alpha value is -1.16. The summed E-state index contributed by atoms with van der Waals surface area (Å²) in [7, 11) is 0. The quantitative estimate of drug-likeness (QED) is 0.569. The Labute approximate surface area is 68.4 Å². The largest absolute Gasteiger partial charge is 0.333 e. The van der Waals surface area contributed by atoms with Gasteiger partial charge in [0.15, 0.2) is 0 Å². The molecule has 1 aliphatic rings. The fourth-order valence-electron chi connectivity index (χ4n) is 1.12. The molecule has 2 heterocycles. The Kier molecular flexibility index (Phi) is 1.29. The molecule has 0 spiro atoms. The van der Waals surface area contributed by atoms with Crippen LogP contribution >= 0.6 is 12.2 Å². The third-order valence-electron chi connectivity index (χ3n) is 1.62. The maximum Gasteiger partial charge on any atom is 0.230 e. The van der Waals surface area contributed by atoms with Gasteiger partial charge in [0.25, 0.3) is 0 Å². The highest BCUT2D eigenvalue weighted by Crippen LogP contribution is 2.18. The second-order valence-electron chi connectivity index (χ2n) is 2.45. The van der Waals surface area contributed by atoms with Gasteiger partial charge in [-0.2, -0.15) is 0 Å². The number of anilines is 1. The van der Waals surface area contributed by atoms with Crippen LogP contribution in [0.15, 0.2) is 12.1 Å². The average Bonchev–Trinajstić information content (AvgIpc) is 2.27. The lowest BCUT2D eigenvalue weighted by Gasteiger charge is -1.95. The molecule has 2 N–H and O–H groups in total. The minimum absolute atomic E-state index is 0.0249. The number of carbonyl (C=O) groups is 1. The monoisotopic (exact) mass is 166 g/mol. The van der Waals surface area contributed by atoms with E-state index in [0.717, 1.165) is 11.4 Å². The van der Waals surface area contributed by atoms with Crippen molar-refractivity contribution in [2.45, 2.75) is 6.42 Å². The standard InChI is InChI=1S/C7H6N2OS/c10-5-3-4-1-2-6(11)9-7(4)8-5/h1-2H,3H2,(H2,8,9,10,11). The van der Waals surface area contributed by atoms with Crippen molar-refractivity contribution in [1.29, 1.82) is 0 Å². The Bertz CT molecular complexity index is 369. The number of amides is 1. The number of aromatic amines is 1. The average molecular weight is 166 g/mol. The van der Waals surface area contributed by atoms with Gasteiger partial charge in [-0.1, -0.05) is 18.3 Å². The molecule has 0 radical (unpaired) electrons. The summed E-state index contributed by atoms with van der Waals surface area (Å²) in [6.07, 6.45) is 0.460. The summed E-state index contributed by atoms with van der Waals surface area (Å²) in [5.74, 6) is 0.777. The van der Waals surface area contributed by atoms with Crippen LogP contribution in [0.4, 0.5) is 5.82 Å². The van der Waals surface area contributed by atoms with E-state index >= 15 is 0 Å². The summed E-state index contributed by atoms with van der Waals surface area (Å²) >= 11 is 4.89. The van der Waals surface area contributed by atoms with E-state index in [-0.39, 0.29) is 5.91 Å². The van der Waals surface area contributed by atoms with Crippen LogP contribution < -0.4 is 5.32 Å². The van der Waals surface area contributed by atoms with Gasteiger partial charge >= 0.3 is 0 Å². The number of fused-ring (bicyclic) bond motifs is 1. The molecule has 2 rings (SSSR count).